The van der Waals surface area contributed by atoms with Crippen molar-refractivity contribution < 1.29 is 22.7 Å². The zero-order valence-electron chi connectivity index (χ0n) is 8.13. The second-order valence-corrected chi connectivity index (χ2v) is 4.68. The minimum Gasteiger partial charge on any atom is -0.465 e. The smallest absolute Gasteiger partial charge is 0.339 e. The molecule has 0 aliphatic carbocycles. The summed E-state index contributed by atoms with van der Waals surface area (Å²) >= 11 is 0. The highest BCUT2D eigenvalue weighted by Gasteiger charge is 2.17. The summed E-state index contributed by atoms with van der Waals surface area (Å²) in [6.45, 7) is 0. The Hall–Kier alpha value is -1.63. The number of hydrogen-bond acceptors (Lipinski definition) is 5. The van der Waals surface area contributed by atoms with Crippen molar-refractivity contribution in [2.45, 2.75) is 0 Å². The molecule has 6 nitrogen and oxygen atoms in total. The van der Waals surface area contributed by atoms with Gasteiger partial charge in [0.15, 0.2) is 6.29 Å². The Kier molecular flexibility index (Phi) is 2.94. The fourth-order valence-corrected chi connectivity index (χ4v) is 1.85. The van der Waals surface area contributed by atoms with E-state index < -0.39 is 16.0 Å². The summed E-state index contributed by atoms with van der Waals surface area (Å²) in [6, 6.07) is 1.15. The van der Waals surface area contributed by atoms with Crippen LogP contribution in [0.1, 0.15) is 20.8 Å². The average molecular weight is 231 g/mol. The molecule has 0 unspecified atom stereocenters. The molecule has 0 fully saturated rings. The molecule has 0 saturated carbocycles. The molecule has 82 valence electrons. The van der Waals surface area contributed by atoms with Crippen LogP contribution in [0.25, 0.3) is 0 Å². The molecule has 1 aromatic rings. The van der Waals surface area contributed by atoms with Gasteiger partial charge in [-0.2, -0.15) is 0 Å². The Balaban J connectivity index is 3.36. The van der Waals surface area contributed by atoms with Crippen molar-refractivity contribution in [2.24, 2.45) is 0 Å². The van der Waals surface area contributed by atoms with Crippen LogP contribution in [0.3, 0.4) is 0 Å². The van der Waals surface area contributed by atoms with Crippen molar-refractivity contribution in [1.82, 2.24) is 3.97 Å². The maximum atomic E-state index is 11.2. The van der Waals surface area contributed by atoms with Gasteiger partial charge < -0.3 is 4.74 Å². The van der Waals surface area contributed by atoms with Crippen molar-refractivity contribution in [3.8, 4) is 0 Å². The van der Waals surface area contributed by atoms with Crippen LogP contribution in [0.2, 0.25) is 0 Å². The number of methoxy groups -OCH3 is 1. The van der Waals surface area contributed by atoms with Crippen molar-refractivity contribution in [1.29, 1.82) is 0 Å². The predicted octanol–water partition coefficient (Wildman–Crippen LogP) is -0.105. The largest absolute Gasteiger partial charge is 0.465 e. The van der Waals surface area contributed by atoms with Crippen LogP contribution in [-0.2, 0) is 14.8 Å². The van der Waals surface area contributed by atoms with Crippen LogP contribution in [0, 0.1) is 0 Å². The van der Waals surface area contributed by atoms with Gasteiger partial charge in [0.2, 0.25) is 10.0 Å². The zero-order chi connectivity index (χ0) is 11.6. The highest BCUT2D eigenvalue weighted by molar-refractivity contribution is 7.89. The summed E-state index contributed by atoms with van der Waals surface area (Å²) in [5.74, 6) is -0.694. The lowest BCUT2D eigenvalue weighted by molar-refractivity contribution is 0.0601. The van der Waals surface area contributed by atoms with E-state index in [1.807, 2.05) is 0 Å². The lowest BCUT2D eigenvalue weighted by atomic mass is 10.3. The lowest BCUT2D eigenvalue weighted by Crippen LogP contribution is -2.11. The molecule has 0 saturated heterocycles. The second-order valence-electron chi connectivity index (χ2n) is 2.82. The molecule has 0 N–H and O–H groups in total. The number of rotatable bonds is 3. The highest BCUT2D eigenvalue weighted by Crippen LogP contribution is 2.10. The molecule has 0 amide bonds. The first-order chi connectivity index (χ1) is 6.90. The maximum absolute atomic E-state index is 11.2. The van der Waals surface area contributed by atoms with E-state index in [1.54, 1.807) is 0 Å². The summed E-state index contributed by atoms with van der Waals surface area (Å²) < 4.78 is 27.5. The fraction of sp³-hybridized carbons (Fsp3) is 0.250. The molecular formula is C8H9NO5S. The summed E-state index contributed by atoms with van der Waals surface area (Å²) in [7, 11) is -2.42. The van der Waals surface area contributed by atoms with Crippen LogP contribution in [0.5, 0.6) is 0 Å². The molecule has 0 aromatic carbocycles. The van der Waals surface area contributed by atoms with Gasteiger partial charge in [-0.15, -0.1) is 0 Å². The molecule has 1 aromatic heterocycles. The molecule has 0 spiro atoms. The molecule has 0 aliphatic heterocycles. The van der Waals surface area contributed by atoms with Gasteiger partial charge in [-0.1, -0.05) is 0 Å². The summed E-state index contributed by atoms with van der Waals surface area (Å²) in [5.41, 5.74) is -0.0945. The summed E-state index contributed by atoms with van der Waals surface area (Å²) in [5, 5.41) is 0. The first-order valence-corrected chi connectivity index (χ1v) is 5.71. The lowest BCUT2D eigenvalue weighted by Gasteiger charge is -1.99. The molecule has 1 heterocycles. The Labute approximate surface area is 86.5 Å². The minimum absolute atomic E-state index is 0.0185. The van der Waals surface area contributed by atoms with E-state index in [-0.39, 0.29) is 11.3 Å². The topological polar surface area (TPSA) is 82.4 Å². The van der Waals surface area contributed by atoms with E-state index in [9.17, 15) is 18.0 Å². The highest BCUT2D eigenvalue weighted by atomic mass is 32.2. The zero-order valence-corrected chi connectivity index (χ0v) is 8.95. The number of esters is 1. The SMILES string of the molecule is COC(=O)c1cc(C=O)n(S(C)(=O)=O)c1. The number of ether oxygens (including phenoxy) is 1. The van der Waals surface area contributed by atoms with Crippen LogP contribution in [0.15, 0.2) is 12.3 Å². The third-order valence-electron chi connectivity index (χ3n) is 1.71. The van der Waals surface area contributed by atoms with Crippen molar-refractivity contribution in [3.05, 3.63) is 23.5 Å². The van der Waals surface area contributed by atoms with Gasteiger partial charge in [-0.3, -0.25) is 4.79 Å². The first-order valence-electron chi connectivity index (χ1n) is 3.86. The van der Waals surface area contributed by atoms with E-state index in [0.29, 0.717) is 6.29 Å². The van der Waals surface area contributed by atoms with Gasteiger partial charge >= 0.3 is 5.97 Å². The summed E-state index contributed by atoms with van der Waals surface area (Å²) in [6.07, 6.45) is 2.33. The van der Waals surface area contributed by atoms with Crippen LogP contribution in [0.4, 0.5) is 0 Å². The minimum atomic E-state index is -3.59. The molecule has 15 heavy (non-hydrogen) atoms. The van der Waals surface area contributed by atoms with Gasteiger partial charge in [0, 0.05) is 6.20 Å². The number of carbonyl (C=O) groups is 2. The van der Waals surface area contributed by atoms with E-state index in [0.717, 1.165) is 22.5 Å². The van der Waals surface area contributed by atoms with Gasteiger partial charge in [0.25, 0.3) is 0 Å². The maximum Gasteiger partial charge on any atom is 0.339 e. The van der Waals surface area contributed by atoms with Crippen LogP contribution >= 0.6 is 0 Å². The van der Waals surface area contributed by atoms with Gasteiger partial charge in [-0.25, -0.2) is 17.2 Å². The van der Waals surface area contributed by atoms with Gasteiger partial charge in [-0.05, 0) is 6.07 Å². The molecule has 0 radical (unpaired) electrons. The van der Waals surface area contributed by atoms with Crippen LogP contribution in [-0.4, -0.2) is 38.0 Å². The quantitative estimate of drug-likeness (QED) is 0.535. The Morgan fingerprint density at radius 2 is 2.13 bits per heavy atom. The number of aldehydes is 1. The van der Waals surface area contributed by atoms with E-state index in [1.165, 1.54) is 7.11 Å². The number of hydrogen-bond donors (Lipinski definition) is 0. The third-order valence-corrected chi connectivity index (χ3v) is 2.74. The first kappa shape index (κ1) is 11.4. The number of aromatic nitrogens is 1. The van der Waals surface area contributed by atoms with E-state index >= 15 is 0 Å². The fourth-order valence-electron chi connectivity index (χ4n) is 1.06. The van der Waals surface area contributed by atoms with Crippen molar-refractivity contribution >= 4 is 22.3 Å². The van der Waals surface area contributed by atoms with Gasteiger partial charge in [0.05, 0.1) is 24.6 Å². The van der Waals surface area contributed by atoms with E-state index in [2.05, 4.69) is 4.74 Å². The Bertz CT molecular complexity index is 499. The molecule has 0 atom stereocenters. The number of nitrogens with zero attached hydrogens (tertiary/aromatic N) is 1. The monoisotopic (exact) mass is 231 g/mol. The molecule has 0 bridgehead atoms. The van der Waals surface area contributed by atoms with Gasteiger partial charge in [0.1, 0.15) is 0 Å². The normalized spacial score (nSPS) is 11.1. The second kappa shape index (κ2) is 3.85. The molecule has 7 heteroatoms. The van der Waals surface area contributed by atoms with Crippen LogP contribution < -0.4 is 0 Å². The van der Waals surface area contributed by atoms with Crippen molar-refractivity contribution in [2.75, 3.05) is 13.4 Å². The predicted molar refractivity (Wildman–Crippen MR) is 51.4 cm³/mol. The molecule has 1 rings (SSSR count). The average Bonchev–Trinajstić information content (AvgIpc) is 2.59. The van der Waals surface area contributed by atoms with E-state index in [4.69, 9.17) is 0 Å². The Morgan fingerprint density at radius 1 is 1.53 bits per heavy atom. The molecular weight excluding hydrogens is 222 g/mol. The molecule has 0 aliphatic rings. The summed E-state index contributed by atoms with van der Waals surface area (Å²) in [4.78, 5) is 21.6. The Morgan fingerprint density at radius 3 is 2.47 bits per heavy atom. The third kappa shape index (κ3) is 2.24. The van der Waals surface area contributed by atoms with Crippen molar-refractivity contribution in [3.63, 3.8) is 0 Å². The number of carbonyl (C=O) groups excluding carboxylic acids is 2. The standard InChI is InChI=1S/C8H9NO5S/c1-14-8(11)6-3-7(5-10)9(4-6)15(2,12)13/h3-5H,1-2H3.